The van der Waals surface area contributed by atoms with Crippen LogP contribution >= 0.6 is 0 Å². The van der Waals surface area contributed by atoms with Crippen molar-refractivity contribution in [2.45, 2.75) is 5.92 Å². The number of nitrogens with one attached hydrogen (secondary N) is 2. The molecular formula is C18H19N5O2. The lowest BCUT2D eigenvalue weighted by molar-refractivity contribution is -0.119. The summed E-state index contributed by atoms with van der Waals surface area (Å²) in [5.74, 6) is 0.685. The lowest BCUT2D eigenvalue weighted by Crippen LogP contribution is -2.28. The third kappa shape index (κ3) is 3.18. The minimum absolute atomic E-state index is 0.00794. The largest absolute Gasteiger partial charge is 0.444 e. The van der Waals surface area contributed by atoms with E-state index in [-0.39, 0.29) is 17.7 Å². The number of rotatable bonds is 4. The maximum Gasteiger partial charge on any atom is 0.229 e. The first-order valence-electron chi connectivity index (χ1n) is 8.20. The van der Waals surface area contributed by atoms with Gasteiger partial charge in [0.2, 0.25) is 5.91 Å². The van der Waals surface area contributed by atoms with Gasteiger partial charge in [-0.15, -0.1) is 0 Å². The predicted octanol–water partition coefficient (Wildman–Crippen LogP) is 2.02. The van der Waals surface area contributed by atoms with Gasteiger partial charge in [0, 0.05) is 43.5 Å². The van der Waals surface area contributed by atoms with E-state index in [0.717, 1.165) is 23.4 Å². The van der Waals surface area contributed by atoms with Crippen LogP contribution in [-0.2, 0) is 11.8 Å². The second kappa shape index (κ2) is 6.52. The summed E-state index contributed by atoms with van der Waals surface area (Å²) in [4.78, 5) is 16.7. The van der Waals surface area contributed by atoms with Crippen LogP contribution in [0.5, 0.6) is 0 Å². The van der Waals surface area contributed by atoms with E-state index in [9.17, 15) is 4.79 Å². The summed E-state index contributed by atoms with van der Waals surface area (Å²) in [5.41, 5.74) is 2.71. The first kappa shape index (κ1) is 15.6. The molecule has 0 bridgehead atoms. The maximum absolute atomic E-state index is 12.8. The Morgan fingerprint density at radius 1 is 1.36 bits per heavy atom. The molecule has 1 saturated heterocycles. The van der Waals surface area contributed by atoms with E-state index < -0.39 is 0 Å². The summed E-state index contributed by atoms with van der Waals surface area (Å²) < 4.78 is 7.08. The van der Waals surface area contributed by atoms with E-state index >= 15 is 0 Å². The van der Waals surface area contributed by atoms with Gasteiger partial charge in [-0.3, -0.25) is 9.48 Å². The van der Waals surface area contributed by atoms with E-state index in [1.165, 1.54) is 6.39 Å². The Hall–Kier alpha value is -2.93. The lowest BCUT2D eigenvalue weighted by atomic mass is 9.90. The van der Waals surface area contributed by atoms with E-state index in [0.29, 0.717) is 12.3 Å². The summed E-state index contributed by atoms with van der Waals surface area (Å²) in [6.45, 7) is 1.44. The Bertz CT molecular complexity index is 871. The molecule has 128 valence electrons. The van der Waals surface area contributed by atoms with Crippen molar-refractivity contribution in [2.24, 2.45) is 13.0 Å². The first-order valence-corrected chi connectivity index (χ1v) is 8.20. The zero-order valence-electron chi connectivity index (χ0n) is 13.8. The van der Waals surface area contributed by atoms with Crippen LogP contribution in [0.3, 0.4) is 0 Å². The molecule has 0 radical (unpaired) electrons. The third-order valence-corrected chi connectivity index (χ3v) is 4.55. The van der Waals surface area contributed by atoms with E-state index in [1.54, 1.807) is 10.9 Å². The van der Waals surface area contributed by atoms with Gasteiger partial charge >= 0.3 is 0 Å². The molecule has 2 N–H and O–H groups in total. The number of aromatic nitrogens is 3. The Kier molecular flexibility index (Phi) is 4.07. The van der Waals surface area contributed by atoms with Crippen molar-refractivity contribution >= 4 is 11.6 Å². The van der Waals surface area contributed by atoms with E-state index in [2.05, 4.69) is 20.7 Å². The number of oxazole rings is 1. The van der Waals surface area contributed by atoms with Crippen molar-refractivity contribution in [1.29, 1.82) is 0 Å². The fourth-order valence-corrected chi connectivity index (χ4v) is 3.28. The van der Waals surface area contributed by atoms with Gasteiger partial charge in [0.1, 0.15) is 0 Å². The number of hydrogen-bond donors (Lipinski definition) is 2. The van der Waals surface area contributed by atoms with Gasteiger partial charge < -0.3 is 15.1 Å². The van der Waals surface area contributed by atoms with Gasteiger partial charge in [-0.05, 0) is 17.7 Å². The molecule has 1 fully saturated rings. The second-order valence-electron chi connectivity index (χ2n) is 6.25. The zero-order chi connectivity index (χ0) is 17.2. The Morgan fingerprint density at radius 2 is 2.28 bits per heavy atom. The van der Waals surface area contributed by atoms with Crippen molar-refractivity contribution in [3.63, 3.8) is 0 Å². The van der Waals surface area contributed by atoms with Gasteiger partial charge in [-0.1, -0.05) is 12.1 Å². The second-order valence-corrected chi connectivity index (χ2v) is 6.25. The molecule has 0 unspecified atom stereocenters. The van der Waals surface area contributed by atoms with Gasteiger partial charge in [0.05, 0.1) is 18.3 Å². The topological polar surface area (TPSA) is 85.0 Å². The van der Waals surface area contributed by atoms with Crippen LogP contribution in [0.2, 0.25) is 0 Å². The van der Waals surface area contributed by atoms with Crippen molar-refractivity contribution in [2.75, 3.05) is 18.4 Å². The van der Waals surface area contributed by atoms with Crippen molar-refractivity contribution < 1.29 is 9.21 Å². The molecule has 3 heterocycles. The molecule has 2 aromatic heterocycles. The van der Waals surface area contributed by atoms with Crippen molar-refractivity contribution in [1.82, 2.24) is 20.1 Å². The number of hydrogen-bond acceptors (Lipinski definition) is 5. The monoisotopic (exact) mass is 337 g/mol. The van der Waals surface area contributed by atoms with Gasteiger partial charge in [-0.2, -0.15) is 5.10 Å². The molecule has 0 saturated carbocycles. The molecular weight excluding hydrogens is 318 g/mol. The molecule has 4 rings (SSSR count). The maximum atomic E-state index is 12.8. The van der Waals surface area contributed by atoms with Crippen LogP contribution in [-0.4, -0.2) is 33.8 Å². The summed E-state index contributed by atoms with van der Waals surface area (Å²) in [5, 5.41) is 10.6. The predicted molar refractivity (Wildman–Crippen MR) is 92.9 cm³/mol. The Labute approximate surface area is 145 Å². The lowest BCUT2D eigenvalue weighted by Gasteiger charge is -2.17. The number of nitrogens with zero attached hydrogens (tertiary/aromatic N) is 3. The minimum atomic E-state index is -0.127. The smallest absolute Gasteiger partial charge is 0.229 e. The quantitative estimate of drug-likeness (QED) is 0.761. The number of carbonyl (C=O) groups excluding carboxylic acids is 1. The van der Waals surface area contributed by atoms with Gasteiger partial charge in [0.15, 0.2) is 12.2 Å². The SMILES string of the molecule is Cn1cc([C@H]2CNC[C@@H]2C(=O)Nc2cccc(-c3cnco3)c2)cn1. The number of aryl methyl sites for hydroxylation is 1. The Balaban J connectivity index is 1.51. The molecule has 0 spiro atoms. The number of anilines is 1. The number of amides is 1. The summed E-state index contributed by atoms with van der Waals surface area (Å²) in [6.07, 6.45) is 6.86. The standard InChI is InChI=1S/C18H19N5O2/c1-23-10-13(6-21-23)15-7-19-8-16(15)18(24)22-14-4-2-3-12(5-14)17-9-20-11-25-17/h2-6,9-11,15-16,19H,7-8H2,1H3,(H,22,24)/t15-,16+/m1/s1. The fourth-order valence-electron chi connectivity index (χ4n) is 3.28. The minimum Gasteiger partial charge on any atom is -0.444 e. The summed E-state index contributed by atoms with van der Waals surface area (Å²) in [7, 11) is 1.88. The highest BCUT2D eigenvalue weighted by atomic mass is 16.3. The van der Waals surface area contributed by atoms with Crippen LogP contribution in [0.1, 0.15) is 11.5 Å². The molecule has 1 aliphatic rings. The fraction of sp³-hybridized carbons (Fsp3) is 0.278. The van der Waals surface area contributed by atoms with Crippen LogP contribution in [0.15, 0.2) is 53.7 Å². The van der Waals surface area contributed by atoms with E-state index in [1.807, 2.05) is 43.7 Å². The average molecular weight is 337 g/mol. The van der Waals surface area contributed by atoms with Gasteiger partial charge in [0.25, 0.3) is 0 Å². The molecule has 1 aliphatic heterocycles. The summed E-state index contributed by atoms with van der Waals surface area (Å²) in [6, 6.07) is 7.57. The molecule has 1 amide bonds. The Morgan fingerprint density at radius 3 is 3.04 bits per heavy atom. The zero-order valence-corrected chi connectivity index (χ0v) is 13.8. The molecule has 2 atom stereocenters. The number of carbonyl (C=O) groups is 1. The molecule has 0 aliphatic carbocycles. The molecule has 3 aromatic rings. The van der Waals surface area contributed by atoms with Crippen molar-refractivity contribution in [3.8, 4) is 11.3 Å². The molecule has 7 nitrogen and oxygen atoms in total. The normalized spacial score (nSPS) is 19.9. The van der Waals surface area contributed by atoms with Crippen LogP contribution in [0.25, 0.3) is 11.3 Å². The van der Waals surface area contributed by atoms with Crippen molar-refractivity contribution in [3.05, 3.63) is 54.8 Å². The third-order valence-electron chi connectivity index (χ3n) is 4.55. The van der Waals surface area contributed by atoms with Gasteiger partial charge in [-0.25, -0.2) is 4.98 Å². The van der Waals surface area contributed by atoms with E-state index in [4.69, 9.17) is 4.42 Å². The molecule has 25 heavy (non-hydrogen) atoms. The van der Waals surface area contributed by atoms with Crippen LogP contribution < -0.4 is 10.6 Å². The highest BCUT2D eigenvalue weighted by Crippen LogP contribution is 2.29. The first-order chi connectivity index (χ1) is 12.2. The van der Waals surface area contributed by atoms with Crippen LogP contribution in [0, 0.1) is 5.92 Å². The highest BCUT2D eigenvalue weighted by Gasteiger charge is 2.34. The van der Waals surface area contributed by atoms with Crippen LogP contribution in [0.4, 0.5) is 5.69 Å². The molecule has 1 aromatic carbocycles. The summed E-state index contributed by atoms with van der Waals surface area (Å²) >= 11 is 0. The highest BCUT2D eigenvalue weighted by molar-refractivity contribution is 5.94. The molecule has 7 heteroatoms. The average Bonchev–Trinajstić information content (AvgIpc) is 3.36. The number of benzene rings is 1.